The van der Waals surface area contributed by atoms with E-state index in [1.807, 2.05) is 11.4 Å². The number of carbonyl (C=O) groups is 1. The van der Waals surface area contributed by atoms with Gasteiger partial charge in [0, 0.05) is 21.2 Å². The number of ketones is 1. The van der Waals surface area contributed by atoms with Crippen molar-refractivity contribution in [2.24, 2.45) is 0 Å². The van der Waals surface area contributed by atoms with Gasteiger partial charge in [-0.3, -0.25) is 4.79 Å². The second-order valence-corrected chi connectivity index (χ2v) is 4.72. The highest BCUT2D eigenvalue weighted by molar-refractivity contribution is 9.10. The van der Waals surface area contributed by atoms with Gasteiger partial charge < -0.3 is 4.42 Å². The van der Waals surface area contributed by atoms with E-state index in [1.54, 1.807) is 23.5 Å². The van der Waals surface area contributed by atoms with Gasteiger partial charge in [-0.2, -0.15) is 0 Å². The third kappa shape index (κ3) is 2.13. The summed E-state index contributed by atoms with van der Waals surface area (Å²) in [7, 11) is 0. The van der Waals surface area contributed by atoms with E-state index in [2.05, 4.69) is 15.9 Å². The van der Waals surface area contributed by atoms with Crippen LogP contribution in [0.5, 0.6) is 0 Å². The molecule has 0 aliphatic heterocycles. The van der Waals surface area contributed by atoms with Crippen LogP contribution in [0, 0.1) is 0 Å². The maximum Gasteiger partial charge on any atom is 0.203 e. The third-order valence-corrected chi connectivity index (χ3v) is 3.45. The average molecular weight is 271 g/mol. The molecule has 0 amide bonds. The van der Waals surface area contributed by atoms with Crippen LogP contribution in [0.25, 0.3) is 0 Å². The molecule has 2 aromatic rings. The zero-order valence-corrected chi connectivity index (χ0v) is 9.60. The van der Waals surface area contributed by atoms with Crippen LogP contribution < -0.4 is 0 Å². The Morgan fingerprint density at radius 3 is 3.00 bits per heavy atom. The van der Waals surface area contributed by atoms with Crippen molar-refractivity contribution in [1.82, 2.24) is 0 Å². The van der Waals surface area contributed by atoms with E-state index in [1.165, 1.54) is 6.26 Å². The van der Waals surface area contributed by atoms with Crippen molar-refractivity contribution in [3.05, 3.63) is 45.0 Å². The molecule has 0 atom stereocenters. The SMILES string of the molecule is O=C(Cc1cc(Br)cs1)c1ccco1. The molecule has 0 aliphatic carbocycles. The molecule has 2 aromatic heterocycles. The van der Waals surface area contributed by atoms with Gasteiger partial charge in [-0.25, -0.2) is 0 Å². The molecule has 2 rings (SSSR count). The lowest BCUT2D eigenvalue weighted by molar-refractivity contribution is 0.0967. The second kappa shape index (κ2) is 4.11. The first-order chi connectivity index (χ1) is 6.75. The normalized spacial score (nSPS) is 10.4. The number of halogens is 1. The molecule has 0 N–H and O–H groups in total. The zero-order chi connectivity index (χ0) is 9.97. The van der Waals surface area contributed by atoms with Gasteiger partial charge in [0.15, 0.2) is 5.76 Å². The van der Waals surface area contributed by atoms with Gasteiger partial charge >= 0.3 is 0 Å². The quantitative estimate of drug-likeness (QED) is 0.799. The lowest BCUT2D eigenvalue weighted by Gasteiger charge is -1.92. The van der Waals surface area contributed by atoms with Crippen molar-refractivity contribution in [3.63, 3.8) is 0 Å². The van der Waals surface area contributed by atoms with Crippen molar-refractivity contribution in [2.75, 3.05) is 0 Å². The molecule has 0 spiro atoms. The lowest BCUT2D eigenvalue weighted by Crippen LogP contribution is -1.99. The molecule has 0 aromatic carbocycles. The number of carbonyl (C=O) groups excluding carboxylic acids is 1. The summed E-state index contributed by atoms with van der Waals surface area (Å²) in [6.07, 6.45) is 1.92. The van der Waals surface area contributed by atoms with Crippen LogP contribution in [0.4, 0.5) is 0 Å². The summed E-state index contributed by atoms with van der Waals surface area (Å²) >= 11 is 4.91. The molecule has 72 valence electrons. The van der Waals surface area contributed by atoms with Gasteiger partial charge in [-0.1, -0.05) is 0 Å². The summed E-state index contributed by atoms with van der Waals surface area (Å²) in [6, 6.07) is 5.36. The highest BCUT2D eigenvalue weighted by Gasteiger charge is 2.10. The average Bonchev–Trinajstić information content (AvgIpc) is 2.75. The maximum atomic E-state index is 11.6. The first-order valence-electron chi connectivity index (χ1n) is 4.05. The maximum absolute atomic E-state index is 11.6. The van der Waals surface area contributed by atoms with Crippen LogP contribution in [0.3, 0.4) is 0 Å². The van der Waals surface area contributed by atoms with Crippen LogP contribution in [0.2, 0.25) is 0 Å². The largest absolute Gasteiger partial charge is 0.461 e. The zero-order valence-electron chi connectivity index (χ0n) is 7.20. The molecule has 0 fully saturated rings. The first-order valence-corrected chi connectivity index (χ1v) is 5.72. The number of rotatable bonds is 3. The van der Waals surface area contributed by atoms with Crippen LogP contribution in [0.15, 0.2) is 38.7 Å². The highest BCUT2D eigenvalue weighted by atomic mass is 79.9. The fraction of sp³-hybridized carbons (Fsp3) is 0.100. The monoisotopic (exact) mass is 270 g/mol. The van der Waals surface area contributed by atoms with E-state index >= 15 is 0 Å². The van der Waals surface area contributed by atoms with E-state index in [4.69, 9.17) is 4.42 Å². The Bertz CT molecular complexity index is 431. The summed E-state index contributed by atoms with van der Waals surface area (Å²) in [5.74, 6) is 0.443. The van der Waals surface area contributed by atoms with Gasteiger partial charge in [0.05, 0.1) is 6.26 Å². The predicted molar refractivity (Wildman–Crippen MR) is 58.8 cm³/mol. The summed E-state index contributed by atoms with van der Waals surface area (Å²) < 4.78 is 6.04. The molecule has 2 heterocycles. The standard InChI is InChI=1S/C10H7BrO2S/c11-7-4-8(14-6-7)5-9(12)10-2-1-3-13-10/h1-4,6H,5H2. The highest BCUT2D eigenvalue weighted by Crippen LogP contribution is 2.21. The van der Waals surface area contributed by atoms with Crippen molar-refractivity contribution >= 4 is 33.0 Å². The Labute approximate surface area is 93.7 Å². The lowest BCUT2D eigenvalue weighted by atomic mass is 10.2. The Kier molecular flexibility index (Phi) is 2.84. The van der Waals surface area contributed by atoms with E-state index in [-0.39, 0.29) is 5.78 Å². The topological polar surface area (TPSA) is 30.2 Å². The second-order valence-electron chi connectivity index (χ2n) is 2.81. The molecule has 0 saturated heterocycles. The number of hydrogen-bond acceptors (Lipinski definition) is 3. The van der Waals surface area contributed by atoms with E-state index in [0.29, 0.717) is 12.2 Å². The van der Waals surface area contributed by atoms with Gasteiger partial charge in [0.25, 0.3) is 0 Å². The Morgan fingerprint density at radius 1 is 1.57 bits per heavy atom. The minimum Gasteiger partial charge on any atom is -0.461 e. The summed E-state index contributed by atoms with van der Waals surface area (Å²) in [4.78, 5) is 12.6. The van der Waals surface area contributed by atoms with E-state index in [9.17, 15) is 4.79 Å². The molecule has 0 unspecified atom stereocenters. The summed E-state index contributed by atoms with van der Waals surface area (Å²) in [6.45, 7) is 0. The van der Waals surface area contributed by atoms with E-state index in [0.717, 1.165) is 9.35 Å². The molecule has 4 heteroatoms. The summed E-state index contributed by atoms with van der Waals surface area (Å²) in [5, 5.41) is 1.96. The van der Waals surface area contributed by atoms with Crippen LogP contribution in [-0.4, -0.2) is 5.78 Å². The fourth-order valence-electron chi connectivity index (χ4n) is 1.13. The minimum absolute atomic E-state index is 0.0179. The smallest absolute Gasteiger partial charge is 0.203 e. The molecule has 0 aliphatic rings. The third-order valence-electron chi connectivity index (χ3n) is 1.75. The van der Waals surface area contributed by atoms with Crippen LogP contribution in [-0.2, 0) is 6.42 Å². The van der Waals surface area contributed by atoms with Gasteiger partial charge in [-0.05, 0) is 34.1 Å². The van der Waals surface area contributed by atoms with Crippen molar-refractivity contribution in [2.45, 2.75) is 6.42 Å². The van der Waals surface area contributed by atoms with Crippen LogP contribution in [0.1, 0.15) is 15.4 Å². The van der Waals surface area contributed by atoms with Gasteiger partial charge in [0.1, 0.15) is 0 Å². The van der Waals surface area contributed by atoms with Gasteiger partial charge in [0.2, 0.25) is 5.78 Å². The molecule has 0 radical (unpaired) electrons. The first kappa shape index (κ1) is 9.68. The molecule has 0 saturated carbocycles. The fourth-order valence-corrected chi connectivity index (χ4v) is 2.58. The Hall–Kier alpha value is -0.870. The Balaban J connectivity index is 2.09. The molecule has 14 heavy (non-hydrogen) atoms. The van der Waals surface area contributed by atoms with Crippen molar-refractivity contribution in [1.29, 1.82) is 0 Å². The molecule has 2 nitrogen and oxygen atoms in total. The summed E-state index contributed by atoms with van der Waals surface area (Å²) in [5.41, 5.74) is 0. The van der Waals surface area contributed by atoms with Crippen molar-refractivity contribution < 1.29 is 9.21 Å². The minimum atomic E-state index is 0.0179. The Morgan fingerprint density at radius 2 is 2.43 bits per heavy atom. The van der Waals surface area contributed by atoms with Gasteiger partial charge in [-0.15, -0.1) is 11.3 Å². The number of furan rings is 1. The van der Waals surface area contributed by atoms with Crippen LogP contribution >= 0.6 is 27.3 Å². The predicted octanol–water partition coefficient (Wildman–Crippen LogP) is 3.53. The van der Waals surface area contributed by atoms with E-state index < -0.39 is 0 Å². The molecule has 0 bridgehead atoms. The molecular weight excluding hydrogens is 264 g/mol. The molecular formula is C10H7BrO2S. The number of Topliss-reactive ketones (excluding diaryl/α,β-unsaturated/α-hetero) is 1. The number of thiophene rings is 1. The van der Waals surface area contributed by atoms with Crippen molar-refractivity contribution in [3.8, 4) is 0 Å². The number of hydrogen-bond donors (Lipinski definition) is 0.